The van der Waals surface area contributed by atoms with Crippen LogP contribution < -0.4 is 10.1 Å². The number of hydrogen-bond donors (Lipinski definition) is 1. The number of amides is 1. The van der Waals surface area contributed by atoms with Crippen LogP contribution in [0.2, 0.25) is 0 Å². The van der Waals surface area contributed by atoms with Gasteiger partial charge in [0.05, 0.1) is 18.7 Å². The van der Waals surface area contributed by atoms with Crippen molar-refractivity contribution >= 4 is 22.9 Å². The second-order valence-corrected chi connectivity index (χ2v) is 7.88. The van der Waals surface area contributed by atoms with Crippen molar-refractivity contribution in [2.75, 3.05) is 11.9 Å². The molecule has 1 heterocycles. The molecule has 0 aliphatic carbocycles. The molecule has 0 bridgehead atoms. The molecule has 5 heteroatoms. The van der Waals surface area contributed by atoms with Gasteiger partial charge in [-0.3, -0.25) is 4.79 Å². The van der Waals surface area contributed by atoms with E-state index in [-0.39, 0.29) is 12.3 Å². The Kier molecular flexibility index (Phi) is 6.47. The summed E-state index contributed by atoms with van der Waals surface area (Å²) in [6.45, 7) is 8.90. The lowest BCUT2D eigenvalue weighted by atomic mass is 9.98. The van der Waals surface area contributed by atoms with E-state index in [2.05, 4.69) is 30.2 Å². The first-order valence-corrected chi connectivity index (χ1v) is 10.4. The summed E-state index contributed by atoms with van der Waals surface area (Å²) < 4.78 is 5.48. The molecule has 1 amide bonds. The van der Waals surface area contributed by atoms with Gasteiger partial charge in [-0.05, 0) is 55.2 Å². The molecule has 0 aliphatic heterocycles. The zero-order valence-electron chi connectivity index (χ0n) is 16.8. The molecule has 2 aromatic carbocycles. The predicted molar refractivity (Wildman–Crippen MR) is 116 cm³/mol. The lowest BCUT2D eigenvalue weighted by Crippen LogP contribution is -2.17. The largest absolute Gasteiger partial charge is 0.494 e. The van der Waals surface area contributed by atoms with E-state index in [9.17, 15) is 4.79 Å². The number of anilines is 1. The number of aromatic nitrogens is 1. The van der Waals surface area contributed by atoms with Crippen molar-refractivity contribution in [3.05, 3.63) is 64.7 Å². The number of hydrogen-bond acceptors (Lipinski definition) is 4. The Morgan fingerprint density at radius 3 is 2.61 bits per heavy atom. The second kappa shape index (κ2) is 9.02. The SMILES string of the molecule is CCOc1ccc(-c2nc(CC(=O)Nc3c(C)cccc3C(C)C)cs2)cc1. The molecule has 0 radical (unpaired) electrons. The molecule has 146 valence electrons. The summed E-state index contributed by atoms with van der Waals surface area (Å²) >= 11 is 1.55. The topological polar surface area (TPSA) is 51.2 Å². The van der Waals surface area contributed by atoms with E-state index in [0.717, 1.165) is 38.8 Å². The van der Waals surface area contributed by atoms with Crippen molar-refractivity contribution in [1.29, 1.82) is 0 Å². The number of aryl methyl sites for hydroxylation is 1. The summed E-state index contributed by atoms with van der Waals surface area (Å²) in [6.07, 6.45) is 0.263. The van der Waals surface area contributed by atoms with Gasteiger partial charge >= 0.3 is 0 Å². The van der Waals surface area contributed by atoms with E-state index >= 15 is 0 Å². The smallest absolute Gasteiger partial charge is 0.230 e. The zero-order chi connectivity index (χ0) is 20.1. The van der Waals surface area contributed by atoms with Crippen LogP contribution in [0.5, 0.6) is 5.75 Å². The molecule has 0 fully saturated rings. The van der Waals surface area contributed by atoms with Crippen LogP contribution in [0.4, 0.5) is 5.69 Å². The molecular weight excluding hydrogens is 368 g/mol. The molecule has 0 aliphatic rings. The molecule has 3 rings (SSSR count). The summed E-state index contributed by atoms with van der Waals surface area (Å²) in [6, 6.07) is 14.0. The molecule has 28 heavy (non-hydrogen) atoms. The average Bonchev–Trinajstić information content (AvgIpc) is 3.12. The van der Waals surface area contributed by atoms with Crippen LogP contribution >= 0.6 is 11.3 Å². The van der Waals surface area contributed by atoms with E-state index in [1.54, 1.807) is 11.3 Å². The summed E-state index contributed by atoms with van der Waals surface area (Å²) in [5, 5.41) is 5.95. The van der Waals surface area contributed by atoms with Crippen molar-refractivity contribution in [3.63, 3.8) is 0 Å². The maximum absolute atomic E-state index is 12.6. The number of ether oxygens (including phenoxy) is 1. The fraction of sp³-hybridized carbons (Fsp3) is 0.304. The quantitative estimate of drug-likeness (QED) is 0.549. The monoisotopic (exact) mass is 394 g/mol. The Morgan fingerprint density at radius 2 is 1.93 bits per heavy atom. The first-order chi connectivity index (χ1) is 13.5. The van der Waals surface area contributed by atoms with Crippen LogP contribution in [0.15, 0.2) is 47.8 Å². The number of carbonyl (C=O) groups is 1. The van der Waals surface area contributed by atoms with Crippen LogP contribution in [0.25, 0.3) is 10.6 Å². The van der Waals surface area contributed by atoms with Gasteiger partial charge in [0.1, 0.15) is 10.8 Å². The van der Waals surface area contributed by atoms with Crippen LogP contribution in [-0.4, -0.2) is 17.5 Å². The van der Waals surface area contributed by atoms with E-state index in [1.165, 1.54) is 0 Å². The molecule has 0 saturated carbocycles. The molecule has 0 unspecified atom stereocenters. The summed E-state index contributed by atoms with van der Waals surface area (Å²) in [4.78, 5) is 17.2. The van der Waals surface area contributed by atoms with Crippen LogP contribution in [0.1, 0.15) is 43.5 Å². The summed E-state index contributed by atoms with van der Waals surface area (Å²) in [7, 11) is 0. The number of nitrogens with zero attached hydrogens (tertiary/aromatic N) is 1. The van der Waals surface area contributed by atoms with Gasteiger partial charge in [-0.25, -0.2) is 4.98 Å². The van der Waals surface area contributed by atoms with E-state index in [4.69, 9.17) is 4.74 Å². The van der Waals surface area contributed by atoms with Gasteiger partial charge in [-0.15, -0.1) is 11.3 Å². The summed E-state index contributed by atoms with van der Waals surface area (Å²) in [5.41, 5.74) is 4.96. The van der Waals surface area contributed by atoms with Crippen molar-refractivity contribution in [1.82, 2.24) is 4.98 Å². The highest BCUT2D eigenvalue weighted by molar-refractivity contribution is 7.13. The summed E-state index contributed by atoms with van der Waals surface area (Å²) in [5.74, 6) is 1.15. The van der Waals surface area contributed by atoms with Gasteiger partial charge in [0.25, 0.3) is 0 Å². The number of thiazole rings is 1. The second-order valence-electron chi connectivity index (χ2n) is 7.02. The molecule has 3 aromatic rings. The zero-order valence-corrected chi connectivity index (χ0v) is 17.6. The highest BCUT2D eigenvalue weighted by atomic mass is 32.1. The normalized spacial score (nSPS) is 10.9. The Labute approximate surface area is 170 Å². The van der Waals surface area contributed by atoms with E-state index in [0.29, 0.717) is 12.5 Å². The Balaban J connectivity index is 1.69. The molecule has 1 N–H and O–H groups in total. The van der Waals surface area contributed by atoms with Crippen LogP contribution in [0.3, 0.4) is 0 Å². The van der Waals surface area contributed by atoms with Gasteiger partial charge in [-0.1, -0.05) is 32.0 Å². The number of rotatable bonds is 7. The number of nitrogens with one attached hydrogen (secondary N) is 1. The molecule has 0 spiro atoms. The third-order valence-electron chi connectivity index (χ3n) is 4.50. The minimum absolute atomic E-state index is 0.0419. The molecule has 0 atom stereocenters. The van der Waals surface area contributed by atoms with Crippen LogP contribution in [0, 0.1) is 6.92 Å². The Morgan fingerprint density at radius 1 is 1.18 bits per heavy atom. The number of benzene rings is 2. The first-order valence-electron chi connectivity index (χ1n) is 9.55. The lowest BCUT2D eigenvalue weighted by Gasteiger charge is -2.16. The fourth-order valence-corrected chi connectivity index (χ4v) is 3.90. The standard InChI is InChI=1S/C23H26N2O2S/c1-5-27-19-11-9-17(10-12-19)23-24-18(14-28-23)13-21(26)25-22-16(4)7-6-8-20(22)15(2)3/h6-12,14-15H,5,13H2,1-4H3,(H,25,26). The van der Waals surface area contributed by atoms with Crippen molar-refractivity contribution in [3.8, 4) is 16.3 Å². The van der Waals surface area contributed by atoms with E-state index in [1.807, 2.05) is 55.6 Å². The highest BCUT2D eigenvalue weighted by Crippen LogP contribution is 2.28. The maximum Gasteiger partial charge on any atom is 0.230 e. The Bertz CT molecular complexity index is 945. The maximum atomic E-state index is 12.6. The van der Waals surface area contributed by atoms with Gasteiger partial charge in [0.15, 0.2) is 0 Å². The molecule has 1 aromatic heterocycles. The predicted octanol–water partition coefficient (Wildman–Crippen LogP) is 5.82. The third-order valence-corrected chi connectivity index (χ3v) is 5.44. The number of carbonyl (C=O) groups excluding carboxylic acids is 1. The van der Waals surface area contributed by atoms with Crippen molar-refractivity contribution in [2.45, 2.75) is 40.0 Å². The van der Waals surface area contributed by atoms with E-state index < -0.39 is 0 Å². The van der Waals surface area contributed by atoms with Gasteiger partial charge in [0, 0.05) is 16.6 Å². The van der Waals surface area contributed by atoms with Crippen molar-refractivity contribution < 1.29 is 9.53 Å². The molecule has 4 nitrogen and oxygen atoms in total. The Hall–Kier alpha value is -2.66. The van der Waals surface area contributed by atoms with Gasteiger partial charge in [-0.2, -0.15) is 0 Å². The minimum Gasteiger partial charge on any atom is -0.494 e. The highest BCUT2D eigenvalue weighted by Gasteiger charge is 2.14. The minimum atomic E-state index is -0.0419. The first kappa shape index (κ1) is 20.1. The van der Waals surface area contributed by atoms with Gasteiger partial charge in [0.2, 0.25) is 5.91 Å². The fourth-order valence-electron chi connectivity index (χ4n) is 3.07. The molecule has 0 saturated heterocycles. The van der Waals surface area contributed by atoms with Gasteiger partial charge < -0.3 is 10.1 Å². The average molecular weight is 395 g/mol. The number of para-hydroxylation sites is 1. The third kappa shape index (κ3) is 4.78. The molecular formula is C23H26N2O2S. The van der Waals surface area contributed by atoms with Crippen molar-refractivity contribution in [2.24, 2.45) is 0 Å². The lowest BCUT2D eigenvalue weighted by molar-refractivity contribution is -0.115. The van der Waals surface area contributed by atoms with Crippen LogP contribution in [-0.2, 0) is 11.2 Å².